The van der Waals surface area contributed by atoms with Gasteiger partial charge in [-0.25, -0.2) is 15.0 Å². The largest absolute Gasteiger partial charge is 0.480 e. The minimum atomic E-state index is 0.143. The number of pyridine rings is 2. The maximum Gasteiger partial charge on any atom is 0.237 e. The van der Waals surface area contributed by atoms with Gasteiger partial charge in [0, 0.05) is 24.6 Å². The number of nitrogens with zero attached hydrogens (tertiary/aromatic N) is 4. The quantitative estimate of drug-likeness (QED) is 0.406. The lowest BCUT2D eigenvalue weighted by atomic mass is 10.1. The molecule has 9 heteroatoms. The van der Waals surface area contributed by atoms with Gasteiger partial charge in [0.25, 0.3) is 0 Å². The number of nitrogens with one attached hydrogen (secondary N) is 3. The first-order valence-corrected chi connectivity index (χ1v) is 10.5. The minimum absolute atomic E-state index is 0.143. The van der Waals surface area contributed by atoms with E-state index >= 15 is 0 Å². The molecular weight excluding hydrogens is 406 g/mol. The Hall–Kier alpha value is -3.75. The van der Waals surface area contributed by atoms with Crippen LogP contribution in [0.25, 0.3) is 11.3 Å². The van der Waals surface area contributed by atoms with Crippen molar-refractivity contribution in [1.82, 2.24) is 19.9 Å². The SMILES string of the molecule is CCOc1ncccc1-c1cc(NCc2nccnc2OC)c(NC(C)C)c(C(C)=N)n1. The molecule has 0 aliphatic carbocycles. The van der Waals surface area contributed by atoms with E-state index in [9.17, 15) is 0 Å². The molecule has 0 saturated heterocycles. The van der Waals surface area contributed by atoms with Crippen molar-refractivity contribution in [3.63, 3.8) is 0 Å². The van der Waals surface area contributed by atoms with Crippen molar-refractivity contribution >= 4 is 17.1 Å². The Morgan fingerprint density at radius 3 is 2.56 bits per heavy atom. The van der Waals surface area contributed by atoms with Gasteiger partial charge in [-0.15, -0.1) is 0 Å². The summed E-state index contributed by atoms with van der Waals surface area (Å²) in [6.45, 7) is 8.59. The highest BCUT2D eigenvalue weighted by Crippen LogP contribution is 2.35. The van der Waals surface area contributed by atoms with E-state index in [0.717, 1.165) is 16.9 Å². The fraction of sp³-hybridized carbons (Fsp3) is 0.348. The fourth-order valence-electron chi connectivity index (χ4n) is 3.19. The molecule has 3 aromatic heterocycles. The van der Waals surface area contributed by atoms with Crippen LogP contribution in [0.5, 0.6) is 11.8 Å². The number of hydrogen-bond donors (Lipinski definition) is 3. The van der Waals surface area contributed by atoms with Gasteiger partial charge in [-0.05, 0) is 45.9 Å². The molecule has 0 unspecified atom stereocenters. The van der Waals surface area contributed by atoms with Gasteiger partial charge in [-0.1, -0.05) is 0 Å². The summed E-state index contributed by atoms with van der Waals surface area (Å²) in [7, 11) is 1.57. The summed E-state index contributed by atoms with van der Waals surface area (Å²) in [4.78, 5) is 17.7. The second-order valence-corrected chi connectivity index (χ2v) is 7.36. The average molecular weight is 436 g/mol. The molecule has 0 bridgehead atoms. The monoisotopic (exact) mass is 435 g/mol. The predicted octanol–water partition coefficient (Wildman–Crippen LogP) is 4.16. The Bertz CT molecular complexity index is 1090. The molecule has 168 valence electrons. The molecule has 0 fully saturated rings. The summed E-state index contributed by atoms with van der Waals surface area (Å²) in [5.74, 6) is 0.962. The number of anilines is 2. The summed E-state index contributed by atoms with van der Waals surface area (Å²) in [5, 5.41) is 15.2. The van der Waals surface area contributed by atoms with Gasteiger partial charge in [0.15, 0.2) is 0 Å². The minimum Gasteiger partial charge on any atom is -0.480 e. The van der Waals surface area contributed by atoms with Gasteiger partial charge in [-0.2, -0.15) is 0 Å². The third-order valence-corrected chi connectivity index (χ3v) is 4.51. The molecule has 0 spiro atoms. The van der Waals surface area contributed by atoms with Crippen LogP contribution in [0.3, 0.4) is 0 Å². The van der Waals surface area contributed by atoms with Crippen molar-refractivity contribution < 1.29 is 9.47 Å². The zero-order valence-corrected chi connectivity index (χ0v) is 19.1. The molecule has 9 nitrogen and oxygen atoms in total. The van der Waals surface area contributed by atoms with Crippen molar-refractivity contribution in [2.75, 3.05) is 24.4 Å². The van der Waals surface area contributed by atoms with Gasteiger partial charge < -0.3 is 25.5 Å². The Balaban J connectivity index is 2.11. The molecule has 0 aromatic carbocycles. The van der Waals surface area contributed by atoms with E-state index in [2.05, 4.69) is 25.6 Å². The lowest BCUT2D eigenvalue weighted by Gasteiger charge is -2.21. The normalized spacial score (nSPS) is 10.7. The second-order valence-electron chi connectivity index (χ2n) is 7.36. The molecule has 32 heavy (non-hydrogen) atoms. The van der Waals surface area contributed by atoms with Crippen LogP contribution in [0.2, 0.25) is 0 Å². The van der Waals surface area contributed by atoms with Crippen molar-refractivity contribution in [2.24, 2.45) is 0 Å². The lowest BCUT2D eigenvalue weighted by molar-refractivity contribution is 0.328. The number of hydrogen-bond acceptors (Lipinski definition) is 9. The van der Waals surface area contributed by atoms with Crippen LogP contribution in [0, 0.1) is 5.41 Å². The summed E-state index contributed by atoms with van der Waals surface area (Å²) in [6, 6.07) is 5.83. The summed E-state index contributed by atoms with van der Waals surface area (Å²) in [5.41, 5.74) is 4.52. The second kappa shape index (κ2) is 10.5. The van der Waals surface area contributed by atoms with E-state index in [1.54, 1.807) is 32.6 Å². The van der Waals surface area contributed by atoms with Gasteiger partial charge >= 0.3 is 0 Å². The Morgan fingerprint density at radius 2 is 1.88 bits per heavy atom. The number of aromatic nitrogens is 4. The standard InChI is InChI=1S/C23H29N7O2/c1-6-32-22-16(8-7-9-26-22)17-12-18(21(29-14(2)3)20(30-17)15(4)24)28-13-19-23(31-5)27-11-10-25-19/h7-12,14,24,29H,6,13H2,1-5H3,(H,28,30). The highest BCUT2D eigenvalue weighted by molar-refractivity contribution is 6.03. The highest BCUT2D eigenvalue weighted by atomic mass is 16.5. The van der Waals surface area contributed by atoms with Crippen molar-refractivity contribution in [1.29, 1.82) is 5.41 Å². The van der Waals surface area contributed by atoms with E-state index < -0.39 is 0 Å². The van der Waals surface area contributed by atoms with E-state index in [-0.39, 0.29) is 6.04 Å². The lowest BCUT2D eigenvalue weighted by Crippen LogP contribution is -2.17. The van der Waals surface area contributed by atoms with Crippen molar-refractivity contribution in [3.8, 4) is 23.0 Å². The van der Waals surface area contributed by atoms with Crippen LogP contribution in [0.1, 0.15) is 39.1 Å². The van der Waals surface area contributed by atoms with E-state index in [0.29, 0.717) is 47.7 Å². The molecule has 0 amide bonds. The van der Waals surface area contributed by atoms with Crippen LogP contribution in [-0.2, 0) is 6.54 Å². The molecule has 3 heterocycles. The molecule has 0 atom stereocenters. The zero-order chi connectivity index (χ0) is 23.1. The fourth-order valence-corrected chi connectivity index (χ4v) is 3.19. The van der Waals surface area contributed by atoms with E-state index in [1.165, 1.54) is 0 Å². The van der Waals surface area contributed by atoms with Gasteiger partial charge in [-0.3, -0.25) is 4.98 Å². The van der Waals surface area contributed by atoms with Crippen LogP contribution in [0.4, 0.5) is 11.4 Å². The molecule has 0 aliphatic heterocycles. The topological polar surface area (TPSA) is 118 Å². The van der Waals surface area contributed by atoms with Gasteiger partial charge in [0.1, 0.15) is 11.4 Å². The molecule has 3 rings (SSSR count). The van der Waals surface area contributed by atoms with E-state index in [4.69, 9.17) is 19.9 Å². The number of ether oxygens (including phenoxy) is 2. The van der Waals surface area contributed by atoms with Crippen LogP contribution in [0.15, 0.2) is 36.8 Å². The molecular formula is C23H29N7O2. The maximum absolute atomic E-state index is 8.35. The van der Waals surface area contributed by atoms with E-state index in [1.807, 2.05) is 39.0 Å². The first kappa shape index (κ1) is 22.9. The Morgan fingerprint density at radius 1 is 1.12 bits per heavy atom. The first-order valence-electron chi connectivity index (χ1n) is 10.5. The number of rotatable bonds is 10. The molecule has 0 saturated carbocycles. The zero-order valence-electron chi connectivity index (χ0n) is 19.1. The van der Waals surface area contributed by atoms with Crippen LogP contribution in [-0.4, -0.2) is 45.4 Å². The Labute approximate surface area is 188 Å². The summed E-state index contributed by atoms with van der Waals surface area (Å²) in [6.07, 6.45) is 4.90. The summed E-state index contributed by atoms with van der Waals surface area (Å²) >= 11 is 0. The number of methoxy groups -OCH3 is 1. The summed E-state index contributed by atoms with van der Waals surface area (Å²) < 4.78 is 11.0. The van der Waals surface area contributed by atoms with Gasteiger partial charge in [0.2, 0.25) is 11.8 Å². The van der Waals surface area contributed by atoms with Crippen LogP contribution >= 0.6 is 0 Å². The maximum atomic E-state index is 8.35. The Kier molecular flexibility index (Phi) is 7.54. The molecule has 3 aromatic rings. The van der Waals surface area contributed by atoms with Crippen LogP contribution < -0.4 is 20.1 Å². The average Bonchev–Trinajstić information content (AvgIpc) is 2.78. The smallest absolute Gasteiger partial charge is 0.237 e. The molecule has 0 radical (unpaired) electrons. The highest BCUT2D eigenvalue weighted by Gasteiger charge is 2.19. The third kappa shape index (κ3) is 5.29. The van der Waals surface area contributed by atoms with Crippen molar-refractivity contribution in [2.45, 2.75) is 40.3 Å². The predicted molar refractivity (Wildman–Crippen MR) is 126 cm³/mol. The van der Waals surface area contributed by atoms with Crippen molar-refractivity contribution in [3.05, 3.63) is 48.2 Å². The van der Waals surface area contributed by atoms with Gasteiger partial charge in [0.05, 0.1) is 48.6 Å². The first-order chi connectivity index (χ1) is 15.4. The molecule has 0 aliphatic rings. The molecule has 3 N–H and O–H groups in total. The third-order valence-electron chi connectivity index (χ3n) is 4.51.